The Bertz CT molecular complexity index is 513. The molecular formula is C12H21N7O. The summed E-state index contributed by atoms with van der Waals surface area (Å²) in [6, 6.07) is 0. The lowest BCUT2D eigenvalue weighted by Gasteiger charge is -2.09. The van der Waals surface area contributed by atoms with E-state index in [1.165, 1.54) is 0 Å². The molecule has 1 heterocycles. The van der Waals surface area contributed by atoms with Crippen LogP contribution in [0.25, 0.3) is 0 Å². The first-order chi connectivity index (χ1) is 9.49. The molecule has 1 aromatic heterocycles. The third-order valence-corrected chi connectivity index (χ3v) is 2.58. The first-order valence-electron chi connectivity index (χ1n) is 6.42. The molecule has 0 saturated carbocycles. The number of rotatable bonds is 5. The second kappa shape index (κ2) is 7.27. The summed E-state index contributed by atoms with van der Waals surface area (Å²) >= 11 is 0. The zero-order valence-electron chi connectivity index (χ0n) is 12.0. The standard InChI is InChI=1S/C12H21N7O/c1-4-5-6-16-12(14)19-11(20)8-9(13)18-10(15-3)7(2)17-8/h4-6H2,1-3H3,(H3,13,15,18)(H3,14,16,19,20). The Kier molecular flexibility index (Phi) is 5.70. The maximum atomic E-state index is 12.0. The summed E-state index contributed by atoms with van der Waals surface area (Å²) in [4.78, 5) is 24.2. The Morgan fingerprint density at radius 2 is 2.10 bits per heavy atom. The summed E-state index contributed by atoms with van der Waals surface area (Å²) in [6.07, 6.45) is 1.92. The largest absolute Gasteiger partial charge is 0.382 e. The van der Waals surface area contributed by atoms with E-state index in [-0.39, 0.29) is 17.5 Å². The number of aromatic nitrogens is 2. The number of guanidine groups is 1. The molecule has 1 aromatic rings. The molecule has 0 aliphatic rings. The number of hydrogen-bond acceptors (Lipinski definition) is 6. The van der Waals surface area contributed by atoms with Crippen molar-refractivity contribution in [3.8, 4) is 0 Å². The third-order valence-electron chi connectivity index (χ3n) is 2.58. The molecule has 6 N–H and O–H groups in total. The fourth-order valence-corrected chi connectivity index (χ4v) is 1.51. The van der Waals surface area contributed by atoms with E-state index in [2.05, 4.69) is 25.6 Å². The lowest BCUT2D eigenvalue weighted by molar-refractivity contribution is 0.0972. The minimum absolute atomic E-state index is 0.0372. The van der Waals surface area contributed by atoms with Crippen LogP contribution in [0.5, 0.6) is 0 Å². The minimum atomic E-state index is -0.515. The number of anilines is 2. The molecule has 8 nitrogen and oxygen atoms in total. The second-order valence-corrected chi connectivity index (χ2v) is 4.22. The van der Waals surface area contributed by atoms with E-state index < -0.39 is 5.91 Å². The van der Waals surface area contributed by atoms with Crippen LogP contribution in [0.3, 0.4) is 0 Å². The van der Waals surface area contributed by atoms with Crippen LogP contribution in [0.15, 0.2) is 4.99 Å². The van der Waals surface area contributed by atoms with Gasteiger partial charge in [-0.25, -0.2) is 9.97 Å². The number of nitrogen functional groups attached to an aromatic ring is 1. The molecule has 0 fully saturated rings. The van der Waals surface area contributed by atoms with Crippen LogP contribution >= 0.6 is 0 Å². The van der Waals surface area contributed by atoms with Gasteiger partial charge in [-0.05, 0) is 13.3 Å². The van der Waals surface area contributed by atoms with Crippen LogP contribution in [0.2, 0.25) is 0 Å². The summed E-state index contributed by atoms with van der Waals surface area (Å²) in [5, 5.41) is 5.29. The molecule has 1 amide bonds. The highest BCUT2D eigenvalue weighted by molar-refractivity contribution is 6.06. The molecule has 0 aliphatic heterocycles. The number of amides is 1. The van der Waals surface area contributed by atoms with Gasteiger partial charge >= 0.3 is 0 Å². The summed E-state index contributed by atoms with van der Waals surface area (Å²) in [5.74, 6) is 0.112. The Morgan fingerprint density at radius 1 is 1.40 bits per heavy atom. The highest BCUT2D eigenvalue weighted by Gasteiger charge is 2.16. The maximum Gasteiger partial charge on any atom is 0.280 e. The molecule has 110 valence electrons. The zero-order chi connectivity index (χ0) is 15.1. The van der Waals surface area contributed by atoms with Crippen LogP contribution < -0.4 is 22.1 Å². The van der Waals surface area contributed by atoms with E-state index in [4.69, 9.17) is 11.5 Å². The van der Waals surface area contributed by atoms with Gasteiger partial charge in [-0.2, -0.15) is 0 Å². The topological polar surface area (TPSA) is 131 Å². The number of aryl methyl sites for hydroxylation is 1. The number of hydrogen-bond donors (Lipinski definition) is 4. The van der Waals surface area contributed by atoms with Gasteiger partial charge in [0, 0.05) is 13.6 Å². The molecule has 0 radical (unpaired) electrons. The summed E-state index contributed by atoms with van der Waals surface area (Å²) < 4.78 is 0. The Hall–Kier alpha value is -2.38. The highest BCUT2D eigenvalue weighted by atomic mass is 16.2. The van der Waals surface area contributed by atoms with Gasteiger partial charge in [0.05, 0.1) is 5.69 Å². The van der Waals surface area contributed by atoms with Crippen molar-refractivity contribution in [3.05, 3.63) is 11.4 Å². The Balaban J connectivity index is 2.82. The van der Waals surface area contributed by atoms with Crippen molar-refractivity contribution in [2.75, 3.05) is 24.6 Å². The summed E-state index contributed by atoms with van der Waals surface area (Å²) in [6.45, 7) is 4.35. The Labute approximate surface area is 118 Å². The summed E-state index contributed by atoms with van der Waals surface area (Å²) in [7, 11) is 1.70. The average molecular weight is 279 g/mol. The fraction of sp³-hybridized carbons (Fsp3) is 0.500. The van der Waals surface area contributed by atoms with E-state index >= 15 is 0 Å². The molecule has 1 rings (SSSR count). The number of nitrogens with two attached hydrogens (primary N) is 2. The predicted octanol–water partition coefficient (Wildman–Crippen LogP) is 0.254. The van der Waals surface area contributed by atoms with Gasteiger partial charge in [-0.15, -0.1) is 0 Å². The van der Waals surface area contributed by atoms with Crippen molar-refractivity contribution in [1.82, 2.24) is 15.3 Å². The molecule has 0 aromatic carbocycles. The van der Waals surface area contributed by atoms with Crippen molar-refractivity contribution in [2.24, 2.45) is 10.7 Å². The van der Waals surface area contributed by atoms with E-state index in [9.17, 15) is 4.79 Å². The molecule has 0 atom stereocenters. The molecule has 0 saturated heterocycles. The van der Waals surface area contributed by atoms with Gasteiger partial charge in [0.15, 0.2) is 17.5 Å². The maximum absolute atomic E-state index is 12.0. The van der Waals surface area contributed by atoms with Crippen LogP contribution in [0.1, 0.15) is 35.9 Å². The number of unbranched alkanes of at least 4 members (excludes halogenated alkanes) is 1. The van der Waals surface area contributed by atoms with Crippen LogP contribution in [-0.2, 0) is 0 Å². The van der Waals surface area contributed by atoms with Gasteiger partial charge in [0.2, 0.25) is 0 Å². The molecule has 0 aliphatic carbocycles. The third kappa shape index (κ3) is 4.08. The first kappa shape index (κ1) is 15.7. The van der Waals surface area contributed by atoms with Gasteiger partial charge in [0.1, 0.15) is 5.82 Å². The molecular weight excluding hydrogens is 258 g/mol. The Morgan fingerprint density at radius 3 is 2.70 bits per heavy atom. The highest BCUT2D eigenvalue weighted by Crippen LogP contribution is 2.13. The SMILES string of the molecule is CCCCN=C(N)NC(=O)c1nc(C)c(NC)nc1N. The zero-order valence-corrected chi connectivity index (χ0v) is 12.0. The van der Waals surface area contributed by atoms with Crippen LogP contribution in [0, 0.1) is 6.92 Å². The van der Waals surface area contributed by atoms with E-state index in [0.717, 1.165) is 12.8 Å². The fourth-order valence-electron chi connectivity index (χ4n) is 1.51. The monoisotopic (exact) mass is 279 g/mol. The lowest BCUT2D eigenvalue weighted by atomic mass is 10.3. The minimum Gasteiger partial charge on any atom is -0.382 e. The number of nitrogens with zero attached hydrogens (tertiary/aromatic N) is 3. The van der Waals surface area contributed by atoms with E-state index in [1.54, 1.807) is 14.0 Å². The van der Waals surface area contributed by atoms with Gasteiger partial charge in [0.25, 0.3) is 5.91 Å². The molecule has 20 heavy (non-hydrogen) atoms. The number of aliphatic imine (C=N–C) groups is 1. The lowest BCUT2D eigenvalue weighted by Crippen LogP contribution is -2.38. The summed E-state index contributed by atoms with van der Waals surface area (Å²) in [5.41, 5.74) is 11.9. The molecule has 0 spiro atoms. The molecule has 0 bridgehead atoms. The van der Waals surface area contributed by atoms with Crippen molar-refractivity contribution in [1.29, 1.82) is 0 Å². The van der Waals surface area contributed by atoms with Gasteiger partial charge < -0.3 is 16.8 Å². The van der Waals surface area contributed by atoms with Crippen LogP contribution in [0.4, 0.5) is 11.6 Å². The molecule has 8 heteroatoms. The van der Waals surface area contributed by atoms with Crippen molar-refractivity contribution >= 4 is 23.5 Å². The van der Waals surface area contributed by atoms with E-state index in [0.29, 0.717) is 18.1 Å². The number of carbonyl (C=O) groups is 1. The van der Waals surface area contributed by atoms with Gasteiger partial charge in [-0.1, -0.05) is 13.3 Å². The number of carbonyl (C=O) groups excluding carboxylic acids is 1. The number of nitrogens with one attached hydrogen (secondary N) is 2. The normalized spacial score (nSPS) is 11.2. The van der Waals surface area contributed by atoms with Crippen molar-refractivity contribution in [2.45, 2.75) is 26.7 Å². The molecule has 0 unspecified atom stereocenters. The van der Waals surface area contributed by atoms with Gasteiger partial charge in [-0.3, -0.25) is 15.1 Å². The van der Waals surface area contributed by atoms with Crippen molar-refractivity contribution < 1.29 is 4.79 Å². The van der Waals surface area contributed by atoms with E-state index in [1.807, 2.05) is 6.92 Å². The van der Waals surface area contributed by atoms with Crippen LogP contribution in [-0.4, -0.2) is 35.4 Å². The average Bonchev–Trinajstić information content (AvgIpc) is 2.41. The quantitative estimate of drug-likeness (QED) is 0.347. The smallest absolute Gasteiger partial charge is 0.280 e. The predicted molar refractivity (Wildman–Crippen MR) is 79.6 cm³/mol. The van der Waals surface area contributed by atoms with Crippen molar-refractivity contribution in [3.63, 3.8) is 0 Å². The first-order valence-corrected chi connectivity index (χ1v) is 6.42. The second-order valence-electron chi connectivity index (χ2n) is 4.22.